The van der Waals surface area contributed by atoms with E-state index in [9.17, 15) is 0 Å². The number of rotatable bonds is 3. The van der Waals surface area contributed by atoms with Crippen LogP contribution in [0.15, 0.2) is 24.3 Å². The predicted molar refractivity (Wildman–Crippen MR) is 80.5 cm³/mol. The van der Waals surface area contributed by atoms with Crippen LogP contribution in [0.5, 0.6) is 0 Å². The van der Waals surface area contributed by atoms with Gasteiger partial charge in [0.15, 0.2) is 5.82 Å². The van der Waals surface area contributed by atoms with Crippen LogP contribution in [0.2, 0.25) is 0 Å². The Morgan fingerprint density at radius 2 is 1.95 bits per heavy atom. The first-order valence-corrected chi connectivity index (χ1v) is 7.12. The minimum atomic E-state index is 0.291. The van der Waals surface area contributed by atoms with Crippen molar-refractivity contribution in [1.82, 2.24) is 15.0 Å². The van der Waals surface area contributed by atoms with Gasteiger partial charge in [0.25, 0.3) is 0 Å². The van der Waals surface area contributed by atoms with Crippen molar-refractivity contribution in [3.8, 4) is 11.4 Å². The Morgan fingerprint density at radius 3 is 2.70 bits per heavy atom. The molecule has 0 aliphatic carbocycles. The average molecular weight is 269 g/mol. The molecule has 2 heterocycles. The summed E-state index contributed by atoms with van der Waals surface area (Å²) in [5.74, 6) is 1.65. The second-order valence-corrected chi connectivity index (χ2v) is 5.07. The zero-order chi connectivity index (χ0) is 13.9. The molecule has 0 amide bonds. The molecule has 0 unspecified atom stereocenters. The Bertz CT molecular complexity index is 605. The van der Waals surface area contributed by atoms with Crippen LogP contribution in [0.3, 0.4) is 0 Å². The van der Waals surface area contributed by atoms with Gasteiger partial charge >= 0.3 is 0 Å². The van der Waals surface area contributed by atoms with Crippen molar-refractivity contribution in [2.45, 2.75) is 26.2 Å². The highest BCUT2D eigenvalue weighted by molar-refractivity contribution is 5.59. The van der Waals surface area contributed by atoms with Crippen LogP contribution in [0.25, 0.3) is 11.4 Å². The first-order chi connectivity index (χ1) is 9.76. The van der Waals surface area contributed by atoms with E-state index in [2.05, 4.69) is 38.9 Å². The molecule has 1 aliphatic rings. The number of nitrogens with two attached hydrogens (primary N) is 1. The number of aromatic nitrogens is 3. The van der Waals surface area contributed by atoms with Crippen LogP contribution < -0.4 is 10.6 Å². The summed E-state index contributed by atoms with van der Waals surface area (Å²) in [5.41, 5.74) is 8.11. The van der Waals surface area contributed by atoms with E-state index in [0.717, 1.165) is 25.1 Å². The lowest BCUT2D eigenvalue weighted by Crippen LogP contribution is -2.21. The third-order valence-electron chi connectivity index (χ3n) is 3.62. The SMILES string of the molecule is CCc1cccc(-c2nc(N)nc(N3CCCC3)n2)c1. The fraction of sp³-hybridized carbons (Fsp3) is 0.400. The normalized spacial score (nSPS) is 14.8. The Labute approximate surface area is 118 Å². The Morgan fingerprint density at radius 1 is 1.15 bits per heavy atom. The molecular weight excluding hydrogens is 250 g/mol. The molecule has 1 fully saturated rings. The van der Waals surface area contributed by atoms with Gasteiger partial charge in [-0.2, -0.15) is 15.0 Å². The molecule has 5 nitrogen and oxygen atoms in total. The molecule has 1 aliphatic heterocycles. The van der Waals surface area contributed by atoms with Gasteiger partial charge in [0.2, 0.25) is 11.9 Å². The van der Waals surface area contributed by atoms with Crippen LogP contribution in [-0.2, 0) is 6.42 Å². The summed E-state index contributed by atoms with van der Waals surface area (Å²) in [7, 11) is 0. The van der Waals surface area contributed by atoms with Crippen molar-refractivity contribution in [2.24, 2.45) is 0 Å². The summed E-state index contributed by atoms with van der Waals surface area (Å²) in [6.07, 6.45) is 3.37. The van der Waals surface area contributed by atoms with Gasteiger partial charge in [-0.05, 0) is 30.9 Å². The van der Waals surface area contributed by atoms with Gasteiger partial charge in [-0.25, -0.2) is 0 Å². The molecule has 0 saturated carbocycles. The van der Waals surface area contributed by atoms with Gasteiger partial charge in [-0.1, -0.05) is 25.1 Å². The van der Waals surface area contributed by atoms with Crippen molar-refractivity contribution in [1.29, 1.82) is 0 Å². The number of benzene rings is 1. The maximum Gasteiger partial charge on any atom is 0.230 e. The molecule has 0 bridgehead atoms. The van der Waals surface area contributed by atoms with Crippen molar-refractivity contribution in [3.05, 3.63) is 29.8 Å². The van der Waals surface area contributed by atoms with Crippen molar-refractivity contribution in [2.75, 3.05) is 23.7 Å². The molecule has 2 aromatic rings. The van der Waals surface area contributed by atoms with E-state index in [1.165, 1.54) is 18.4 Å². The third-order valence-corrected chi connectivity index (χ3v) is 3.62. The highest BCUT2D eigenvalue weighted by atomic mass is 15.3. The van der Waals surface area contributed by atoms with Gasteiger partial charge < -0.3 is 10.6 Å². The molecule has 0 spiro atoms. The molecular formula is C15H19N5. The lowest BCUT2D eigenvalue weighted by atomic mass is 10.1. The molecule has 1 saturated heterocycles. The third kappa shape index (κ3) is 2.57. The molecule has 3 rings (SSSR count). The van der Waals surface area contributed by atoms with Gasteiger partial charge in [-0.3, -0.25) is 0 Å². The van der Waals surface area contributed by atoms with Crippen LogP contribution >= 0.6 is 0 Å². The first kappa shape index (κ1) is 12.8. The number of anilines is 2. The van der Waals surface area contributed by atoms with E-state index in [1.807, 2.05) is 12.1 Å². The second-order valence-electron chi connectivity index (χ2n) is 5.07. The summed E-state index contributed by atoms with van der Waals surface area (Å²) in [6.45, 7) is 4.13. The molecule has 1 aromatic carbocycles. The maximum absolute atomic E-state index is 5.85. The van der Waals surface area contributed by atoms with Crippen LogP contribution in [0, 0.1) is 0 Å². The van der Waals surface area contributed by atoms with Crippen LogP contribution in [-0.4, -0.2) is 28.0 Å². The van der Waals surface area contributed by atoms with Gasteiger partial charge in [-0.15, -0.1) is 0 Å². The minimum Gasteiger partial charge on any atom is -0.368 e. The van der Waals surface area contributed by atoms with Gasteiger partial charge in [0.1, 0.15) is 0 Å². The standard InChI is InChI=1S/C15H19N5/c1-2-11-6-5-7-12(10-11)13-17-14(16)19-15(18-13)20-8-3-4-9-20/h5-7,10H,2-4,8-9H2,1H3,(H2,16,17,18,19). The van der Waals surface area contributed by atoms with E-state index >= 15 is 0 Å². The number of nitrogen functional groups attached to an aromatic ring is 1. The second kappa shape index (κ2) is 5.45. The fourth-order valence-corrected chi connectivity index (χ4v) is 2.50. The lowest BCUT2D eigenvalue weighted by Gasteiger charge is -2.15. The Hall–Kier alpha value is -2.17. The Balaban J connectivity index is 1.99. The zero-order valence-electron chi connectivity index (χ0n) is 11.7. The molecule has 0 atom stereocenters. The number of hydrogen-bond donors (Lipinski definition) is 1. The smallest absolute Gasteiger partial charge is 0.230 e. The van der Waals surface area contributed by atoms with Gasteiger partial charge in [0, 0.05) is 18.7 Å². The van der Waals surface area contributed by atoms with Crippen LogP contribution in [0.4, 0.5) is 11.9 Å². The summed E-state index contributed by atoms with van der Waals surface area (Å²) in [4.78, 5) is 15.3. The molecule has 1 aromatic heterocycles. The molecule has 2 N–H and O–H groups in total. The molecule has 104 valence electrons. The van der Waals surface area contributed by atoms with Crippen molar-refractivity contribution >= 4 is 11.9 Å². The number of nitrogens with zero attached hydrogens (tertiary/aromatic N) is 4. The molecule has 20 heavy (non-hydrogen) atoms. The molecule has 0 radical (unpaired) electrons. The average Bonchev–Trinajstić information content (AvgIpc) is 3.01. The van der Waals surface area contributed by atoms with E-state index in [1.54, 1.807) is 0 Å². The lowest BCUT2D eigenvalue weighted by molar-refractivity contribution is 0.887. The van der Waals surface area contributed by atoms with Crippen molar-refractivity contribution in [3.63, 3.8) is 0 Å². The molecule has 5 heteroatoms. The van der Waals surface area contributed by atoms with E-state index in [4.69, 9.17) is 5.73 Å². The maximum atomic E-state index is 5.85. The highest BCUT2D eigenvalue weighted by Gasteiger charge is 2.17. The highest BCUT2D eigenvalue weighted by Crippen LogP contribution is 2.22. The first-order valence-electron chi connectivity index (χ1n) is 7.12. The summed E-state index contributed by atoms with van der Waals surface area (Å²) >= 11 is 0. The van der Waals surface area contributed by atoms with Crippen LogP contribution in [0.1, 0.15) is 25.3 Å². The quantitative estimate of drug-likeness (QED) is 0.926. The number of hydrogen-bond acceptors (Lipinski definition) is 5. The largest absolute Gasteiger partial charge is 0.368 e. The summed E-state index contributed by atoms with van der Waals surface area (Å²) < 4.78 is 0. The van der Waals surface area contributed by atoms with Crippen molar-refractivity contribution < 1.29 is 0 Å². The Kier molecular flexibility index (Phi) is 3.50. The number of aryl methyl sites for hydroxylation is 1. The fourth-order valence-electron chi connectivity index (χ4n) is 2.50. The summed E-state index contributed by atoms with van der Waals surface area (Å²) in [5, 5.41) is 0. The topological polar surface area (TPSA) is 67.9 Å². The zero-order valence-corrected chi connectivity index (χ0v) is 11.7. The van der Waals surface area contributed by atoms with E-state index < -0.39 is 0 Å². The minimum absolute atomic E-state index is 0.291. The summed E-state index contributed by atoms with van der Waals surface area (Å²) in [6, 6.07) is 8.27. The predicted octanol–water partition coefficient (Wildman–Crippen LogP) is 2.28. The van der Waals surface area contributed by atoms with E-state index in [-0.39, 0.29) is 0 Å². The van der Waals surface area contributed by atoms with E-state index in [0.29, 0.717) is 17.7 Å². The monoisotopic (exact) mass is 269 g/mol. The van der Waals surface area contributed by atoms with Gasteiger partial charge in [0.05, 0.1) is 0 Å².